The summed E-state index contributed by atoms with van der Waals surface area (Å²) in [6, 6.07) is 4.64. The zero-order chi connectivity index (χ0) is 15.9. The van der Waals surface area contributed by atoms with Gasteiger partial charge in [0.2, 0.25) is 0 Å². The predicted octanol–water partition coefficient (Wildman–Crippen LogP) is 3.71. The fourth-order valence-electron chi connectivity index (χ4n) is 2.67. The number of hydrogen-bond donors (Lipinski definition) is 2. The van der Waals surface area contributed by atoms with Crippen molar-refractivity contribution >= 4 is 11.8 Å². The number of thioether (sulfide) groups is 1. The Bertz CT molecular complexity index is 411. The molecule has 0 aliphatic heterocycles. The highest BCUT2D eigenvalue weighted by atomic mass is 32.2. The number of pyridine rings is 1. The summed E-state index contributed by atoms with van der Waals surface area (Å²) in [6.07, 6.45) is 3.03. The van der Waals surface area contributed by atoms with Crippen LogP contribution in [0, 0.1) is 13.8 Å². The van der Waals surface area contributed by atoms with Crippen LogP contribution in [0.3, 0.4) is 0 Å². The van der Waals surface area contributed by atoms with E-state index in [1.807, 2.05) is 18.7 Å². The van der Waals surface area contributed by atoms with E-state index in [4.69, 9.17) is 0 Å². The lowest BCUT2D eigenvalue weighted by molar-refractivity contribution is 0.137. The third kappa shape index (κ3) is 6.37. The van der Waals surface area contributed by atoms with E-state index >= 15 is 0 Å². The van der Waals surface area contributed by atoms with Crippen LogP contribution in [-0.2, 0) is 0 Å². The SMILES string of the molecule is CCC(CO)(CCCSc1cc(C)cc(C)n1)NC(C)C. The first-order chi connectivity index (χ1) is 9.90. The maximum absolute atomic E-state index is 9.73. The summed E-state index contributed by atoms with van der Waals surface area (Å²) in [4.78, 5) is 4.55. The Morgan fingerprint density at radius 2 is 2.05 bits per heavy atom. The predicted molar refractivity (Wildman–Crippen MR) is 92.0 cm³/mol. The zero-order valence-corrected chi connectivity index (χ0v) is 14.9. The molecule has 0 fully saturated rings. The highest BCUT2D eigenvalue weighted by molar-refractivity contribution is 7.99. The first-order valence-electron chi connectivity index (χ1n) is 7.87. The van der Waals surface area contributed by atoms with Gasteiger partial charge in [-0.2, -0.15) is 0 Å². The number of aliphatic hydroxyl groups is 1. The smallest absolute Gasteiger partial charge is 0.0965 e. The number of aromatic nitrogens is 1. The van der Waals surface area contributed by atoms with Gasteiger partial charge in [-0.05, 0) is 56.6 Å². The zero-order valence-electron chi connectivity index (χ0n) is 14.1. The molecule has 2 N–H and O–H groups in total. The van der Waals surface area contributed by atoms with Gasteiger partial charge in [-0.15, -0.1) is 11.8 Å². The van der Waals surface area contributed by atoms with Gasteiger partial charge in [0.05, 0.1) is 11.6 Å². The first kappa shape index (κ1) is 18.5. The highest BCUT2D eigenvalue weighted by Gasteiger charge is 2.27. The van der Waals surface area contributed by atoms with Crippen molar-refractivity contribution in [3.63, 3.8) is 0 Å². The number of nitrogens with zero attached hydrogens (tertiary/aromatic N) is 1. The van der Waals surface area contributed by atoms with Gasteiger partial charge < -0.3 is 10.4 Å². The summed E-state index contributed by atoms with van der Waals surface area (Å²) < 4.78 is 0. The summed E-state index contributed by atoms with van der Waals surface area (Å²) in [7, 11) is 0. The summed E-state index contributed by atoms with van der Waals surface area (Å²) >= 11 is 1.81. The Balaban J connectivity index is 2.47. The van der Waals surface area contributed by atoms with Crippen molar-refractivity contribution in [3.05, 3.63) is 23.4 Å². The fraction of sp³-hybridized carbons (Fsp3) is 0.706. The topological polar surface area (TPSA) is 45.2 Å². The molecule has 0 bridgehead atoms. The largest absolute Gasteiger partial charge is 0.394 e. The van der Waals surface area contributed by atoms with E-state index < -0.39 is 0 Å². The molecule has 4 heteroatoms. The molecule has 120 valence electrons. The van der Waals surface area contributed by atoms with Crippen LogP contribution in [0.4, 0.5) is 0 Å². The van der Waals surface area contributed by atoms with E-state index in [1.165, 1.54) is 5.56 Å². The van der Waals surface area contributed by atoms with Crippen molar-refractivity contribution in [2.24, 2.45) is 0 Å². The Hall–Kier alpha value is -0.580. The Labute approximate surface area is 133 Å². The van der Waals surface area contributed by atoms with E-state index in [2.05, 4.69) is 50.1 Å². The van der Waals surface area contributed by atoms with Crippen molar-refractivity contribution in [3.8, 4) is 0 Å². The average Bonchev–Trinajstić information content (AvgIpc) is 2.41. The molecule has 1 atom stereocenters. The van der Waals surface area contributed by atoms with Crippen LogP contribution >= 0.6 is 11.8 Å². The molecule has 3 nitrogen and oxygen atoms in total. The van der Waals surface area contributed by atoms with Crippen molar-refractivity contribution in [2.45, 2.75) is 70.5 Å². The van der Waals surface area contributed by atoms with Crippen LogP contribution in [0.2, 0.25) is 0 Å². The van der Waals surface area contributed by atoms with Gasteiger partial charge in [-0.1, -0.05) is 20.8 Å². The molecule has 1 rings (SSSR count). The van der Waals surface area contributed by atoms with E-state index in [9.17, 15) is 5.11 Å². The molecular weight excluding hydrogens is 280 g/mol. The normalized spacial score (nSPS) is 14.4. The van der Waals surface area contributed by atoms with E-state index in [1.54, 1.807) is 0 Å². The lowest BCUT2D eigenvalue weighted by Crippen LogP contribution is -2.51. The van der Waals surface area contributed by atoms with E-state index in [0.717, 1.165) is 35.7 Å². The summed E-state index contributed by atoms with van der Waals surface area (Å²) in [5, 5.41) is 14.4. The second-order valence-electron chi connectivity index (χ2n) is 6.17. The molecule has 1 aromatic heterocycles. The second kappa shape index (κ2) is 8.76. The van der Waals surface area contributed by atoms with Crippen LogP contribution in [0.5, 0.6) is 0 Å². The molecule has 1 heterocycles. The van der Waals surface area contributed by atoms with Crippen LogP contribution in [0.1, 0.15) is 51.3 Å². The van der Waals surface area contributed by atoms with Gasteiger partial charge in [0.15, 0.2) is 0 Å². The molecular formula is C17H30N2OS. The minimum Gasteiger partial charge on any atom is -0.394 e. The van der Waals surface area contributed by atoms with Crippen LogP contribution < -0.4 is 5.32 Å². The summed E-state index contributed by atoms with van der Waals surface area (Å²) in [5.74, 6) is 1.04. The van der Waals surface area contributed by atoms with Crippen molar-refractivity contribution in [1.29, 1.82) is 0 Å². The van der Waals surface area contributed by atoms with Crippen molar-refractivity contribution < 1.29 is 5.11 Å². The molecule has 1 unspecified atom stereocenters. The Morgan fingerprint density at radius 3 is 2.57 bits per heavy atom. The van der Waals surface area contributed by atoms with Crippen molar-refractivity contribution in [1.82, 2.24) is 10.3 Å². The molecule has 0 radical (unpaired) electrons. The molecule has 1 aromatic rings. The monoisotopic (exact) mass is 310 g/mol. The number of hydrogen-bond acceptors (Lipinski definition) is 4. The number of aryl methyl sites for hydroxylation is 2. The molecule has 0 saturated carbocycles. The van der Waals surface area contributed by atoms with Crippen LogP contribution in [0.15, 0.2) is 17.2 Å². The van der Waals surface area contributed by atoms with Gasteiger partial charge in [0.1, 0.15) is 0 Å². The molecule has 0 aliphatic rings. The van der Waals surface area contributed by atoms with Gasteiger partial charge in [0, 0.05) is 17.3 Å². The standard InChI is InChI=1S/C17H30N2OS/c1-6-17(12-20,19-13(2)3)8-7-9-21-16-11-14(4)10-15(5)18-16/h10-11,13,19-20H,6-9,12H2,1-5H3. The first-order valence-corrected chi connectivity index (χ1v) is 8.86. The van der Waals surface area contributed by atoms with E-state index in [0.29, 0.717) is 6.04 Å². The molecule has 0 saturated heterocycles. The van der Waals surface area contributed by atoms with Crippen molar-refractivity contribution in [2.75, 3.05) is 12.4 Å². The Morgan fingerprint density at radius 1 is 1.33 bits per heavy atom. The second-order valence-corrected chi connectivity index (χ2v) is 7.28. The van der Waals surface area contributed by atoms with Gasteiger partial charge in [0.25, 0.3) is 0 Å². The lowest BCUT2D eigenvalue weighted by atomic mass is 9.91. The van der Waals surface area contributed by atoms with Crippen LogP contribution in [0.25, 0.3) is 0 Å². The number of aliphatic hydroxyl groups excluding tert-OH is 1. The third-order valence-electron chi connectivity index (χ3n) is 3.70. The van der Waals surface area contributed by atoms with Gasteiger partial charge in [-0.25, -0.2) is 4.98 Å². The van der Waals surface area contributed by atoms with Gasteiger partial charge in [-0.3, -0.25) is 0 Å². The quantitative estimate of drug-likeness (QED) is 0.539. The average molecular weight is 311 g/mol. The molecule has 0 amide bonds. The van der Waals surface area contributed by atoms with Crippen LogP contribution in [-0.4, -0.2) is 34.0 Å². The minimum atomic E-state index is -0.134. The maximum Gasteiger partial charge on any atom is 0.0965 e. The summed E-state index contributed by atoms with van der Waals surface area (Å²) in [6.45, 7) is 10.8. The molecule has 0 aliphatic carbocycles. The molecule has 0 spiro atoms. The van der Waals surface area contributed by atoms with Gasteiger partial charge >= 0.3 is 0 Å². The Kier molecular flexibility index (Phi) is 7.71. The fourth-order valence-corrected chi connectivity index (χ4v) is 3.64. The molecule has 21 heavy (non-hydrogen) atoms. The van der Waals surface area contributed by atoms with E-state index in [-0.39, 0.29) is 12.1 Å². The number of nitrogens with one attached hydrogen (secondary N) is 1. The minimum absolute atomic E-state index is 0.134. The summed E-state index contributed by atoms with van der Waals surface area (Å²) in [5.41, 5.74) is 2.21. The highest BCUT2D eigenvalue weighted by Crippen LogP contribution is 2.23. The lowest BCUT2D eigenvalue weighted by Gasteiger charge is -2.34. The molecule has 0 aromatic carbocycles. The maximum atomic E-state index is 9.73. The third-order valence-corrected chi connectivity index (χ3v) is 4.70. The number of rotatable bonds is 9.